The Kier molecular flexibility index (Phi) is 6.71. The largest absolute Gasteiger partial charge is 0.504 e. The van der Waals surface area contributed by atoms with Crippen LogP contribution in [0.1, 0.15) is 18.0 Å². The molecule has 0 aliphatic heterocycles. The summed E-state index contributed by atoms with van der Waals surface area (Å²) in [6.07, 6.45) is 0.174. The van der Waals surface area contributed by atoms with Crippen LogP contribution < -0.4 is 10.5 Å². The minimum absolute atomic E-state index is 0. The first kappa shape index (κ1) is 15.5. The first-order valence-electron chi connectivity index (χ1n) is 4.48. The van der Waals surface area contributed by atoms with E-state index in [1.807, 2.05) is 0 Å². The van der Waals surface area contributed by atoms with Gasteiger partial charge in [-0.25, -0.2) is 0 Å². The Balaban J connectivity index is 0.00000225. The lowest BCUT2D eigenvalue weighted by atomic mass is 10.0. The molecule has 92 valence electrons. The fourth-order valence-electron chi connectivity index (χ4n) is 1.31. The van der Waals surface area contributed by atoms with Crippen molar-refractivity contribution in [3.8, 4) is 11.5 Å². The van der Waals surface area contributed by atoms with Crippen LogP contribution in [0.4, 0.5) is 4.39 Å². The van der Waals surface area contributed by atoms with Gasteiger partial charge in [-0.05, 0) is 18.6 Å². The third kappa shape index (κ3) is 3.50. The van der Waals surface area contributed by atoms with Gasteiger partial charge in [-0.15, -0.1) is 12.4 Å². The molecule has 1 aromatic carbocycles. The summed E-state index contributed by atoms with van der Waals surface area (Å²) in [5.41, 5.74) is 6.21. The van der Waals surface area contributed by atoms with E-state index in [0.717, 1.165) is 4.47 Å². The second-order valence-corrected chi connectivity index (χ2v) is 4.05. The number of rotatable bonds is 4. The molecule has 1 rings (SSSR count). The topological polar surface area (TPSA) is 55.5 Å². The number of phenols is 1. The predicted octanol–water partition coefficient (Wildman–Crippen LogP) is 2.94. The smallest absolute Gasteiger partial charge is 0.162 e. The van der Waals surface area contributed by atoms with Gasteiger partial charge >= 0.3 is 0 Å². The van der Waals surface area contributed by atoms with Crippen molar-refractivity contribution in [2.45, 2.75) is 12.5 Å². The monoisotopic (exact) mass is 313 g/mol. The summed E-state index contributed by atoms with van der Waals surface area (Å²) >= 11 is 3.27. The number of aromatic hydroxyl groups is 1. The SMILES string of the molecule is COc1cc(Br)cc([C@H](N)CCF)c1O.Cl. The number of phenolic OH excluding ortho intramolecular Hbond substituents is 1. The zero-order chi connectivity index (χ0) is 11.4. The molecule has 0 aliphatic carbocycles. The molecule has 0 saturated heterocycles. The summed E-state index contributed by atoms with van der Waals surface area (Å²) < 4.78 is 17.8. The molecule has 0 amide bonds. The Morgan fingerprint density at radius 2 is 2.19 bits per heavy atom. The predicted molar refractivity (Wildman–Crippen MR) is 67.1 cm³/mol. The van der Waals surface area contributed by atoms with Gasteiger partial charge in [-0.2, -0.15) is 0 Å². The van der Waals surface area contributed by atoms with Gasteiger partial charge in [-0.1, -0.05) is 15.9 Å². The molecule has 3 nitrogen and oxygen atoms in total. The van der Waals surface area contributed by atoms with E-state index in [-0.39, 0.29) is 24.6 Å². The van der Waals surface area contributed by atoms with Crippen molar-refractivity contribution in [2.75, 3.05) is 13.8 Å². The Morgan fingerprint density at radius 3 is 2.69 bits per heavy atom. The standard InChI is InChI=1S/C10H13BrFNO2.ClH/c1-15-9-5-6(11)4-7(10(9)14)8(13)2-3-12;/h4-5,8,14H,2-3,13H2,1H3;1H/t8-;/m1./s1. The molecule has 0 aromatic heterocycles. The van der Waals surface area contributed by atoms with Crippen LogP contribution in [-0.2, 0) is 0 Å². The average molecular weight is 315 g/mol. The fraction of sp³-hybridized carbons (Fsp3) is 0.400. The Morgan fingerprint density at radius 1 is 1.56 bits per heavy atom. The van der Waals surface area contributed by atoms with Crippen molar-refractivity contribution in [1.29, 1.82) is 0 Å². The summed E-state index contributed by atoms with van der Waals surface area (Å²) in [5, 5.41) is 9.76. The summed E-state index contributed by atoms with van der Waals surface area (Å²) in [6, 6.07) is 2.76. The third-order valence-corrected chi connectivity index (χ3v) is 2.57. The molecule has 0 bridgehead atoms. The number of alkyl halides is 1. The van der Waals surface area contributed by atoms with E-state index in [0.29, 0.717) is 11.3 Å². The molecule has 6 heteroatoms. The highest BCUT2D eigenvalue weighted by atomic mass is 79.9. The molecule has 1 atom stereocenters. The lowest BCUT2D eigenvalue weighted by Crippen LogP contribution is -2.11. The van der Waals surface area contributed by atoms with Crippen LogP contribution in [0.3, 0.4) is 0 Å². The van der Waals surface area contributed by atoms with Gasteiger partial charge < -0.3 is 15.6 Å². The summed E-state index contributed by atoms with van der Waals surface area (Å²) in [6.45, 7) is -0.518. The number of benzene rings is 1. The molecule has 0 aliphatic rings. The van der Waals surface area contributed by atoms with Gasteiger partial charge in [0, 0.05) is 16.1 Å². The summed E-state index contributed by atoms with van der Waals surface area (Å²) in [7, 11) is 1.45. The molecule has 0 fully saturated rings. The third-order valence-electron chi connectivity index (χ3n) is 2.11. The van der Waals surface area contributed by atoms with Crippen LogP contribution in [0.15, 0.2) is 16.6 Å². The number of nitrogens with two attached hydrogens (primary N) is 1. The van der Waals surface area contributed by atoms with Gasteiger partial charge in [-0.3, -0.25) is 4.39 Å². The normalized spacial score (nSPS) is 11.8. The molecule has 0 spiro atoms. The van der Waals surface area contributed by atoms with E-state index in [9.17, 15) is 9.50 Å². The van der Waals surface area contributed by atoms with Crippen molar-refractivity contribution >= 4 is 28.3 Å². The Hall–Kier alpha value is -0.520. The van der Waals surface area contributed by atoms with Crippen LogP contribution >= 0.6 is 28.3 Å². The van der Waals surface area contributed by atoms with Gasteiger partial charge in [0.1, 0.15) is 0 Å². The van der Waals surface area contributed by atoms with E-state index < -0.39 is 12.7 Å². The van der Waals surface area contributed by atoms with Gasteiger partial charge in [0.2, 0.25) is 0 Å². The van der Waals surface area contributed by atoms with Crippen molar-refractivity contribution in [3.63, 3.8) is 0 Å². The van der Waals surface area contributed by atoms with Crippen LogP contribution in [-0.4, -0.2) is 18.9 Å². The van der Waals surface area contributed by atoms with E-state index in [1.54, 1.807) is 12.1 Å². The zero-order valence-corrected chi connectivity index (χ0v) is 11.1. The van der Waals surface area contributed by atoms with Crippen molar-refractivity contribution in [2.24, 2.45) is 5.73 Å². The maximum absolute atomic E-state index is 12.1. The number of ether oxygens (including phenoxy) is 1. The van der Waals surface area contributed by atoms with Crippen LogP contribution in [0.2, 0.25) is 0 Å². The number of hydrogen-bond donors (Lipinski definition) is 2. The van der Waals surface area contributed by atoms with Gasteiger partial charge in [0.05, 0.1) is 13.8 Å². The molecule has 0 unspecified atom stereocenters. The second kappa shape index (κ2) is 6.93. The number of halogens is 3. The first-order chi connectivity index (χ1) is 7.10. The Labute approximate surface area is 108 Å². The second-order valence-electron chi connectivity index (χ2n) is 3.13. The maximum Gasteiger partial charge on any atom is 0.162 e. The van der Waals surface area contributed by atoms with E-state index in [1.165, 1.54) is 7.11 Å². The number of hydrogen-bond acceptors (Lipinski definition) is 3. The number of methoxy groups -OCH3 is 1. The highest BCUT2D eigenvalue weighted by molar-refractivity contribution is 9.10. The molecule has 0 heterocycles. The van der Waals surface area contributed by atoms with E-state index in [4.69, 9.17) is 10.5 Å². The van der Waals surface area contributed by atoms with Crippen LogP contribution in [0, 0.1) is 0 Å². The highest BCUT2D eigenvalue weighted by Gasteiger charge is 2.15. The fourth-order valence-corrected chi connectivity index (χ4v) is 1.76. The molecular weight excluding hydrogens is 300 g/mol. The van der Waals surface area contributed by atoms with E-state index >= 15 is 0 Å². The van der Waals surface area contributed by atoms with Gasteiger partial charge in [0.15, 0.2) is 11.5 Å². The molecule has 1 aromatic rings. The van der Waals surface area contributed by atoms with Crippen molar-refractivity contribution in [1.82, 2.24) is 0 Å². The Bertz CT molecular complexity index is 352. The molecule has 0 radical (unpaired) electrons. The lowest BCUT2D eigenvalue weighted by Gasteiger charge is -2.14. The quantitative estimate of drug-likeness (QED) is 0.898. The summed E-state index contributed by atoms with van der Waals surface area (Å²) in [5.74, 6) is 0.301. The van der Waals surface area contributed by atoms with Crippen LogP contribution in [0.25, 0.3) is 0 Å². The van der Waals surface area contributed by atoms with Gasteiger partial charge in [0.25, 0.3) is 0 Å². The van der Waals surface area contributed by atoms with Crippen molar-refractivity contribution < 1.29 is 14.2 Å². The van der Waals surface area contributed by atoms with Crippen LogP contribution in [0.5, 0.6) is 11.5 Å². The first-order valence-corrected chi connectivity index (χ1v) is 5.27. The maximum atomic E-state index is 12.1. The average Bonchev–Trinajstić information content (AvgIpc) is 2.21. The minimum atomic E-state index is -0.526. The molecule has 3 N–H and O–H groups in total. The highest BCUT2D eigenvalue weighted by Crippen LogP contribution is 2.37. The van der Waals surface area contributed by atoms with E-state index in [2.05, 4.69) is 15.9 Å². The lowest BCUT2D eigenvalue weighted by molar-refractivity contribution is 0.364. The molecule has 16 heavy (non-hydrogen) atoms. The summed E-state index contributed by atoms with van der Waals surface area (Å²) in [4.78, 5) is 0. The molecule has 0 saturated carbocycles. The van der Waals surface area contributed by atoms with Crippen molar-refractivity contribution in [3.05, 3.63) is 22.2 Å². The molecular formula is C10H14BrClFNO2. The minimum Gasteiger partial charge on any atom is -0.504 e. The zero-order valence-electron chi connectivity index (χ0n) is 8.74.